The number of unbranched alkanes of at least 4 members (excludes halogenated alkanes) is 3. The molecule has 2 unspecified atom stereocenters. The third-order valence-corrected chi connectivity index (χ3v) is 3.78. The SMILES string of the molecule is C(OCC1CO1)C1CO1.CCCCCCc1ccc(O)cc1O. The summed E-state index contributed by atoms with van der Waals surface area (Å²) in [6, 6.07) is 4.81. The van der Waals surface area contributed by atoms with Gasteiger partial charge in [-0.2, -0.15) is 0 Å². The molecule has 1 aromatic carbocycles. The highest BCUT2D eigenvalue weighted by atomic mass is 16.6. The van der Waals surface area contributed by atoms with E-state index in [-0.39, 0.29) is 11.5 Å². The number of benzene rings is 1. The molecule has 5 heteroatoms. The van der Waals surface area contributed by atoms with Crippen LogP contribution in [-0.2, 0) is 20.6 Å². The third kappa shape index (κ3) is 8.21. The van der Waals surface area contributed by atoms with Gasteiger partial charge in [-0.05, 0) is 24.5 Å². The van der Waals surface area contributed by atoms with E-state index >= 15 is 0 Å². The second kappa shape index (κ2) is 9.75. The highest BCUT2D eigenvalue weighted by Crippen LogP contribution is 2.24. The molecular formula is C18H28O5. The van der Waals surface area contributed by atoms with Gasteiger partial charge in [-0.3, -0.25) is 0 Å². The van der Waals surface area contributed by atoms with Crippen molar-refractivity contribution in [2.24, 2.45) is 0 Å². The first-order valence-corrected chi connectivity index (χ1v) is 8.51. The molecule has 2 aliphatic rings. The molecule has 0 amide bonds. The van der Waals surface area contributed by atoms with Crippen LogP contribution in [0.3, 0.4) is 0 Å². The van der Waals surface area contributed by atoms with Gasteiger partial charge in [-0.15, -0.1) is 0 Å². The molecule has 0 saturated carbocycles. The van der Waals surface area contributed by atoms with Gasteiger partial charge in [0.05, 0.1) is 26.4 Å². The molecule has 2 aliphatic heterocycles. The molecule has 2 N–H and O–H groups in total. The zero-order valence-corrected chi connectivity index (χ0v) is 13.9. The normalized spacial score (nSPS) is 21.4. The van der Waals surface area contributed by atoms with Crippen LogP contribution >= 0.6 is 0 Å². The summed E-state index contributed by atoms with van der Waals surface area (Å²) in [5.74, 6) is 0.335. The lowest BCUT2D eigenvalue weighted by Crippen LogP contribution is -2.06. The van der Waals surface area contributed by atoms with E-state index in [9.17, 15) is 5.11 Å². The molecule has 0 bridgehead atoms. The van der Waals surface area contributed by atoms with Gasteiger partial charge in [-0.25, -0.2) is 0 Å². The minimum absolute atomic E-state index is 0.125. The summed E-state index contributed by atoms with van der Waals surface area (Å²) in [6.45, 7) is 5.44. The number of hydrogen-bond acceptors (Lipinski definition) is 5. The number of hydrogen-bond donors (Lipinski definition) is 2. The number of ether oxygens (including phenoxy) is 3. The molecule has 5 nitrogen and oxygen atoms in total. The van der Waals surface area contributed by atoms with Gasteiger partial charge in [-0.1, -0.05) is 32.3 Å². The Morgan fingerprint density at radius 1 is 1.04 bits per heavy atom. The van der Waals surface area contributed by atoms with Crippen LogP contribution in [-0.4, -0.2) is 48.8 Å². The number of rotatable bonds is 9. The predicted molar refractivity (Wildman–Crippen MR) is 87.9 cm³/mol. The van der Waals surface area contributed by atoms with Crippen molar-refractivity contribution in [1.29, 1.82) is 0 Å². The number of aryl methyl sites for hydroxylation is 1. The Bertz CT molecular complexity index is 443. The first-order chi connectivity index (χ1) is 11.2. The minimum Gasteiger partial charge on any atom is -0.508 e. The van der Waals surface area contributed by atoms with E-state index < -0.39 is 0 Å². The Labute approximate surface area is 138 Å². The smallest absolute Gasteiger partial charge is 0.122 e. The average Bonchev–Trinajstić information content (AvgIpc) is 3.41. The molecular weight excluding hydrogens is 296 g/mol. The first-order valence-electron chi connectivity index (χ1n) is 8.51. The second-order valence-electron chi connectivity index (χ2n) is 6.07. The van der Waals surface area contributed by atoms with Crippen molar-refractivity contribution in [2.45, 2.75) is 51.2 Å². The van der Waals surface area contributed by atoms with Crippen LogP contribution in [0.4, 0.5) is 0 Å². The molecule has 2 saturated heterocycles. The molecule has 0 spiro atoms. The van der Waals surface area contributed by atoms with Gasteiger partial charge in [0.2, 0.25) is 0 Å². The van der Waals surface area contributed by atoms with E-state index in [1.165, 1.54) is 25.3 Å². The standard InChI is InChI=1S/C12H18O2.C6H10O3/c1-2-3-4-5-6-10-7-8-11(13)9-12(10)14;1(5-3-8-5)7-2-6-4-9-6/h7-9,13-14H,2-6H2,1H3;5-6H,1-4H2. The van der Waals surface area contributed by atoms with Gasteiger partial charge in [0, 0.05) is 6.07 Å². The number of phenols is 2. The molecule has 2 fully saturated rings. The Balaban J connectivity index is 0.000000182. The van der Waals surface area contributed by atoms with Crippen molar-refractivity contribution in [3.8, 4) is 11.5 Å². The van der Waals surface area contributed by atoms with Gasteiger partial charge < -0.3 is 24.4 Å². The van der Waals surface area contributed by atoms with Gasteiger partial charge in [0.1, 0.15) is 23.7 Å². The van der Waals surface area contributed by atoms with Crippen LogP contribution in [0.5, 0.6) is 11.5 Å². The summed E-state index contributed by atoms with van der Waals surface area (Å²) >= 11 is 0. The van der Waals surface area contributed by atoms with Gasteiger partial charge in [0.25, 0.3) is 0 Å². The van der Waals surface area contributed by atoms with E-state index in [1.54, 1.807) is 12.1 Å². The first kappa shape index (κ1) is 18.0. The largest absolute Gasteiger partial charge is 0.508 e. The van der Waals surface area contributed by atoms with E-state index in [4.69, 9.17) is 19.3 Å². The fourth-order valence-electron chi connectivity index (χ4n) is 2.17. The summed E-state index contributed by atoms with van der Waals surface area (Å²) < 4.78 is 15.1. The van der Waals surface area contributed by atoms with Crippen molar-refractivity contribution < 1.29 is 24.4 Å². The van der Waals surface area contributed by atoms with Crippen LogP contribution in [0.15, 0.2) is 18.2 Å². The van der Waals surface area contributed by atoms with E-state index in [0.29, 0.717) is 12.2 Å². The Morgan fingerprint density at radius 2 is 1.70 bits per heavy atom. The quantitative estimate of drug-likeness (QED) is 0.539. The Hall–Kier alpha value is -1.30. The zero-order valence-electron chi connectivity index (χ0n) is 13.9. The predicted octanol–water partition coefficient (Wildman–Crippen LogP) is 3.02. The van der Waals surface area contributed by atoms with Crippen LogP contribution in [0.2, 0.25) is 0 Å². The summed E-state index contributed by atoms with van der Waals surface area (Å²) in [6.07, 6.45) is 6.46. The topological polar surface area (TPSA) is 74.8 Å². The van der Waals surface area contributed by atoms with Crippen molar-refractivity contribution in [2.75, 3.05) is 26.4 Å². The Kier molecular flexibility index (Phi) is 7.65. The molecule has 2 heterocycles. The van der Waals surface area contributed by atoms with Crippen molar-refractivity contribution in [3.05, 3.63) is 23.8 Å². The van der Waals surface area contributed by atoms with E-state index in [0.717, 1.165) is 44.8 Å². The summed E-state index contributed by atoms with van der Waals surface area (Å²) in [5.41, 5.74) is 0.930. The van der Waals surface area contributed by atoms with Crippen LogP contribution < -0.4 is 0 Å². The summed E-state index contributed by atoms with van der Waals surface area (Å²) in [4.78, 5) is 0. The van der Waals surface area contributed by atoms with Gasteiger partial charge in [0.15, 0.2) is 0 Å². The fourth-order valence-corrected chi connectivity index (χ4v) is 2.17. The lowest BCUT2D eigenvalue weighted by atomic mass is 10.1. The molecule has 1 aromatic rings. The maximum atomic E-state index is 9.49. The lowest BCUT2D eigenvalue weighted by Gasteiger charge is -2.04. The van der Waals surface area contributed by atoms with Crippen LogP contribution in [0.25, 0.3) is 0 Å². The molecule has 3 rings (SSSR count). The highest BCUT2D eigenvalue weighted by Gasteiger charge is 2.26. The van der Waals surface area contributed by atoms with E-state index in [1.807, 2.05) is 0 Å². The fraction of sp³-hybridized carbons (Fsp3) is 0.667. The number of phenolic OH excluding ortho intramolecular Hbond substituents is 2. The third-order valence-electron chi connectivity index (χ3n) is 3.78. The monoisotopic (exact) mass is 324 g/mol. The lowest BCUT2D eigenvalue weighted by molar-refractivity contribution is 0.102. The van der Waals surface area contributed by atoms with Crippen LogP contribution in [0, 0.1) is 0 Å². The highest BCUT2D eigenvalue weighted by molar-refractivity contribution is 5.38. The van der Waals surface area contributed by atoms with Crippen molar-refractivity contribution in [1.82, 2.24) is 0 Å². The maximum Gasteiger partial charge on any atom is 0.122 e. The Morgan fingerprint density at radius 3 is 2.22 bits per heavy atom. The summed E-state index contributed by atoms with van der Waals surface area (Å²) in [7, 11) is 0. The number of epoxide rings is 2. The van der Waals surface area contributed by atoms with Crippen molar-refractivity contribution in [3.63, 3.8) is 0 Å². The number of aromatic hydroxyl groups is 2. The average molecular weight is 324 g/mol. The van der Waals surface area contributed by atoms with E-state index in [2.05, 4.69) is 6.92 Å². The molecule has 0 aliphatic carbocycles. The van der Waals surface area contributed by atoms with Crippen molar-refractivity contribution >= 4 is 0 Å². The molecule has 0 aromatic heterocycles. The molecule has 23 heavy (non-hydrogen) atoms. The second-order valence-corrected chi connectivity index (χ2v) is 6.07. The minimum atomic E-state index is 0.125. The van der Waals surface area contributed by atoms with Crippen LogP contribution in [0.1, 0.15) is 38.2 Å². The molecule has 2 atom stereocenters. The molecule has 0 radical (unpaired) electrons. The zero-order chi connectivity index (χ0) is 16.5. The summed E-state index contributed by atoms with van der Waals surface area (Å²) in [5, 5.41) is 18.6. The maximum absolute atomic E-state index is 9.49. The molecule has 130 valence electrons. The van der Waals surface area contributed by atoms with Gasteiger partial charge >= 0.3 is 0 Å².